The summed E-state index contributed by atoms with van der Waals surface area (Å²) in [5.41, 5.74) is 29.2. The van der Waals surface area contributed by atoms with Gasteiger partial charge in [0.2, 0.25) is 0 Å². The van der Waals surface area contributed by atoms with E-state index >= 15 is 0 Å². The largest absolute Gasteiger partial charge is 0.469 e. The molecule has 4 saturated heterocycles. The summed E-state index contributed by atoms with van der Waals surface area (Å²) in [6.07, 6.45) is 7.02. The average Bonchev–Trinajstić information content (AvgIpc) is 1.45. The van der Waals surface area contributed by atoms with Gasteiger partial charge >= 0.3 is 11.9 Å². The molecule has 0 saturated carbocycles. The number of benzene rings is 4. The van der Waals surface area contributed by atoms with E-state index in [9.17, 15) is 19.2 Å². The summed E-state index contributed by atoms with van der Waals surface area (Å²) in [5, 5.41) is 0. The van der Waals surface area contributed by atoms with E-state index in [0.29, 0.717) is 71.8 Å². The number of likely N-dealkylation sites (N-methyl/N-ethyl adjacent to an activating group) is 4. The Morgan fingerprint density at radius 2 is 0.679 bits per heavy atom. The number of ketones is 2. The van der Waals surface area contributed by atoms with Gasteiger partial charge < -0.3 is 29.1 Å². The lowest BCUT2D eigenvalue weighted by molar-refractivity contribution is -0.143. The zero-order valence-corrected chi connectivity index (χ0v) is 56.3. The number of ether oxygens (including phenoxy) is 2. The Morgan fingerprint density at radius 1 is 0.393 bits per heavy atom. The molecule has 4 unspecified atom stereocenters. The first-order valence-corrected chi connectivity index (χ1v) is 31.8. The molecule has 4 fully saturated rings. The van der Waals surface area contributed by atoms with E-state index in [0.717, 1.165) is 102 Å². The Bertz CT molecular complexity index is 2930. The first kappa shape index (κ1) is 66.5. The minimum atomic E-state index is -0.0854. The molecular weight excluding hydrogens is 1040 g/mol. The molecule has 4 aromatic carbocycles. The molecule has 10 nitrogen and oxygen atoms in total. The molecule has 10 heteroatoms. The van der Waals surface area contributed by atoms with Crippen molar-refractivity contribution in [2.24, 2.45) is 23.7 Å². The van der Waals surface area contributed by atoms with E-state index < -0.39 is 0 Å². The van der Waals surface area contributed by atoms with Crippen LogP contribution in [0, 0.1) is 134 Å². The van der Waals surface area contributed by atoms with Crippen molar-refractivity contribution in [3.63, 3.8) is 0 Å². The number of hydrogen-bond acceptors (Lipinski definition) is 10. The Balaban J connectivity index is 0.000000161. The fourth-order valence-corrected chi connectivity index (χ4v) is 15.9. The van der Waals surface area contributed by atoms with Crippen molar-refractivity contribution < 1.29 is 28.7 Å². The van der Waals surface area contributed by atoms with Gasteiger partial charge in [-0.25, -0.2) is 0 Å². The van der Waals surface area contributed by atoms with Crippen molar-refractivity contribution in [3.8, 4) is 0 Å². The molecule has 0 amide bonds. The number of methoxy groups -OCH3 is 2. The van der Waals surface area contributed by atoms with E-state index in [2.05, 4.69) is 171 Å². The zero-order valence-electron chi connectivity index (χ0n) is 56.3. The van der Waals surface area contributed by atoms with Gasteiger partial charge in [-0.1, -0.05) is 12.1 Å². The number of hydrogen-bond donors (Lipinski definition) is 0. The maximum Gasteiger partial charge on any atom is 0.305 e. The minimum Gasteiger partial charge on any atom is -0.469 e. The van der Waals surface area contributed by atoms with E-state index in [1.807, 2.05) is 0 Å². The quantitative estimate of drug-likeness (QED) is 0.174. The Kier molecular flexibility index (Phi) is 22.0. The van der Waals surface area contributed by atoms with Crippen LogP contribution in [0.25, 0.3) is 0 Å². The van der Waals surface area contributed by atoms with Gasteiger partial charge in [-0.15, -0.1) is 0 Å². The van der Waals surface area contributed by atoms with E-state index in [4.69, 9.17) is 9.47 Å². The number of esters is 2. The summed E-state index contributed by atoms with van der Waals surface area (Å²) in [6, 6.07) is 4.68. The maximum atomic E-state index is 12.6. The van der Waals surface area contributed by atoms with Crippen LogP contribution in [0.15, 0.2) is 12.1 Å². The number of piperidine rings is 4. The van der Waals surface area contributed by atoms with Crippen LogP contribution in [0.4, 0.5) is 0 Å². The van der Waals surface area contributed by atoms with Gasteiger partial charge in [0.1, 0.15) is 0 Å². The van der Waals surface area contributed by atoms with Crippen molar-refractivity contribution in [1.82, 2.24) is 19.6 Å². The second-order valence-electron chi connectivity index (χ2n) is 27.4. The second kappa shape index (κ2) is 27.8. The van der Waals surface area contributed by atoms with E-state index in [1.165, 1.54) is 125 Å². The Morgan fingerprint density at radius 3 is 1.00 bits per heavy atom. The number of Topliss-reactive ketones (excluding diaryl/α,β-unsaturated/α-hetero) is 2. The third-order valence-electron chi connectivity index (χ3n) is 22.7. The lowest BCUT2D eigenvalue weighted by Crippen LogP contribution is -2.41. The summed E-state index contributed by atoms with van der Waals surface area (Å²) in [4.78, 5) is 58.4. The maximum absolute atomic E-state index is 12.6. The van der Waals surface area contributed by atoms with Gasteiger partial charge in [-0.2, -0.15) is 0 Å². The molecule has 6 aliphatic rings. The van der Waals surface area contributed by atoms with Gasteiger partial charge in [-0.05, 0) is 326 Å². The summed E-state index contributed by atoms with van der Waals surface area (Å²) in [5.74, 6) is 4.41. The Labute approximate surface area is 508 Å². The van der Waals surface area contributed by atoms with Crippen molar-refractivity contribution in [2.75, 3.05) is 94.8 Å². The molecule has 2 aliphatic carbocycles. The fourth-order valence-electron chi connectivity index (χ4n) is 15.9. The topological polar surface area (TPSA) is 99.7 Å². The Hall–Kier alpha value is -5.00. The molecule has 0 spiro atoms. The smallest absolute Gasteiger partial charge is 0.305 e. The average molecular weight is 1150 g/mol. The lowest BCUT2D eigenvalue weighted by Gasteiger charge is -2.42. The monoisotopic (exact) mass is 1150 g/mol. The second-order valence-corrected chi connectivity index (χ2v) is 27.4. The van der Waals surface area contributed by atoms with Gasteiger partial charge in [0.25, 0.3) is 0 Å². The highest BCUT2D eigenvalue weighted by Gasteiger charge is 2.42. The number of nitrogens with zero attached hydrogens (tertiary/aromatic N) is 4. The summed E-state index contributed by atoms with van der Waals surface area (Å²) in [6.45, 7) is 43.7. The van der Waals surface area contributed by atoms with Crippen molar-refractivity contribution in [2.45, 2.75) is 186 Å². The molecule has 84 heavy (non-hydrogen) atoms. The van der Waals surface area contributed by atoms with Crippen LogP contribution in [-0.2, 0) is 19.1 Å². The fraction of sp³-hybridized carbons (Fsp3) is 0.622. The van der Waals surface area contributed by atoms with Gasteiger partial charge in [0, 0.05) is 86.7 Å². The number of rotatable bonds is 6. The normalized spacial score (nSPS) is 24.4. The standard InChI is InChI=1S/2C19H29NO2.2C18H25NO/c2*1-12-9-17(15(4)14(3)13(12)2)18-11-20(5)8-7-16(18)10-19(21)22-6;2*1-10-11(2)13(4)18-16(20)8-14-6-7-19(5)9-15(14)17(18)12(10)3/h2*9,16,18H,7-8,10-11H2,1-6H3;2*14-15H,6-9H2,1-5H3/t16-,18?;;14-,15?;14-,15-/m0.11/s1. The molecule has 0 radical (unpaired) electrons. The first-order valence-electron chi connectivity index (χ1n) is 31.8. The highest BCUT2D eigenvalue weighted by atomic mass is 16.5. The molecular formula is C74H108N4O6. The van der Waals surface area contributed by atoms with Crippen LogP contribution in [0.3, 0.4) is 0 Å². The predicted octanol–water partition coefficient (Wildman–Crippen LogP) is 14.1. The first-order chi connectivity index (χ1) is 39.5. The molecule has 460 valence electrons. The van der Waals surface area contributed by atoms with Gasteiger partial charge in [-0.3, -0.25) is 19.2 Å². The van der Waals surface area contributed by atoms with E-state index in [1.54, 1.807) is 0 Å². The van der Waals surface area contributed by atoms with Crippen molar-refractivity contribution in [3.05, 3.63) is 135 Å². The third-order valence-corrected chi connectivity index (χ3v) is 22.7. The van der Waals surface area contributed by atoms with Crippen LogP contribution in [0.1, 0.15) is 207 Å². The molecule has 0 aromatic heterocycles. The van der Waals surface area contributed by atoms with Crippen LogP contribution in [-0.4, -0.2) is 138 Å². The molecule has 0 bridgehead atoms. The van der Waals surface area contributed by atoms with Crippen LogP contribution in [0.2, 0.25) is 0 Å². The van der Waals surface area contributed by atoms with Gasteiger partial charge in [0.05, 0.1) is 14.2 Å². The zero-order chi connectivity index (χ0) is 62.1. The molecule has 4 heterocycles. The molecule has 10 rings (SSSR count). The number of likely N-dealkylation sites (tertiary alicyclic amines) is 4. The SMILES string of the molecule is COC(=O)CC1CCN(C)CC1c1cc(C)c(C)c(C)c1C.COC(=O)C[C@@H]1CCN(C)CC1c1cc(C)c(C)c(C)c1C.Cc1c(C)c(C)c2c(c1C)C(=O)C[C@H]1CCN(C)CC21.Cc1c(C)c(C)c2c(c1C)C(=O)C[C@H]1CCN(C)C[C@@H]21. The third kappa shape index (κ3) is 13.9. The molecule has 4 aliphatic heterocycles. The molecule has 0 N–H and O–H groups in total. The number of carbonyl (C=O) groups is 4. The van der Waals surface area contributed by atoms with Crippen molar-refractivity contribution >= 4 is 23.5 Å². The van der Waals surface area contributed by atoms with Crippen LogP contribution in [0.5, 0.6) is 0 Å². The lowest BCUT2D eigenvalue weighted by atomic mass is 9.67. The van der Waals surface area contributed by atoms with Crippen molar-refractivity contribution in [1.29, 1.82) is 0 Å². The van der Waals surface area contributed by atoms with Crippen LogP contribution < -0.4 is 0 Å². The molecule has 8 atom stereocenters. The van der Waals surface area contributed by atoms with Gasteiger partial charge in [0.15, 0.2) is 11.6 Å². The number of aryl methyl sites for hydroxylation is 2. The highest BCUT2D eigenvalue weighted by Crippen LogP contribution is 2.47. The van der Waals surface area contributed by atoms with Crippen LogP contribution >= 0.6 is 0 Å². The minimum absolute atomic E-state index is 0.0854. The summed E-state index contributed by atoms with van der Waals surface area (Å²) in [7, 11) is 11.7. The highest BCUT2D eigenvalue weighted by molar-refractivity contribution is 6.02. The summed E-state index contributed by atoms with van der Waals surface area (Å²) >= 11 is 0. The van der Waals surface area contributed by atoms with E-state index in [-0.39, 0.29) is 11.9 Å². The molecule has 4 aromatic rings. The summed E-state index contributed by atoms with van der Waals surface area (Å²) < 4.78 is 9.82. The number of fused-ring (bicyclic) bond motifs is 6. The predicted molar refractivity (Wildman–Crippen MR) is 346 cm³/mol. The number of carbonyl (C=O) groups excluding carboxylic acids is 4.